The molecule has 0 bridgehead atoms. The maximum atomic E-state index is 13.0. The fourth-order valence-corrected chi connectivity index (χ4v) is 2.59. The first-order chi connectivity index (χ1) is 10.3. The molecule has 1 aromatic carbocycles. The lowest BCUT2D eigenvalue weighted by Crippen LogP contribution is -2.52. The van der Waals surface area contributed by atoms with Crippen molar-refractivity contribution in [2.45, 2.75) is 32.5 Å². The molecule has 0 aliphatic carbocycles. The molecule has 0 fully saturated rings. The molecule has 0 radical (unpaired) electrons. The van der Waals surface area contributed by atoms with Gasteiger partial charge in [-0.05, 0) is 38.1 Å². The minimum absolute atomic E-state index is 0.0786. The predicted octanol–water partition coefficient (Wildman–Crippen LogP) is 1.77. The highest BCUT2D eigenvalue weighted by atomic mass is 19.1. The molecule has 2 N–H and O–H groups in total. The summed E-state index contributed by atoms with van der Waals surface area (Å²) in [5.41, 5.74) is 6.66. The summed E-state index contributed by atoms with van der Waals surface area (Å²) >= 11 is 0. The Balaban J connectivity index is 1.84. The van der Waals surface area contributed by atoms with Crippen molar-refractivity contribution < 1.29 is 9.18 Å². The summed E-state index contributed by atoms with van der Waals surface area (Å²) in [4.78, 5) is 18.6. The first-order valence-electron chi connectivity index (χ1n) is 7.25. The number of carbonyl (C=O) groups is 1. The average molecular weight is 302 g/mol. The van der Waals surface area contributed by atoms with Crippen molar-refractivity contribution in [2.75, 3.05) is 6.54 Å². The number of imidazole rings is 1. The van der Waals surface area contributed by atoms with Gasteiger partial charge in [0.15, 0.2) is 0 Å². The number of fused-ring (bicyclic) bond motifs is 1. The highest BCUT2D eigenvalue weighted by Gasteiger charge is 2.30. The fourth-order valence-electron chi connectivity index (χ4n) is 2.59. The second-order valence-electron chi connectivity index (χ2n) is 6.19. The van der Waals surface area contributed by atoms with E-state index in [-0.39, 0.29) is 11.7 Å². The Morgan fingerprint density at radius 2 is 1.95 bits per heavy atom. The van der Waals surface area contributed by atoms with Crippen molar-refractivity contribution in [3.63, 3.8) is 0 Å². The van der Waals surface area contributed by atoms with E-state index >= 15 is 0 Å². The second kappa shape index (κ2) is 5.21. The van der Waals surface area contributed by atoms with E-state index in [9.17, 15) is 9.18 Å². The SMILES string of the molecule is CC(C)(N)C(=O)N1CCn2cc(-c3ccc(F)cc3)nc2C1. The van der Waals surface area contributed by atoms with Crippen molar-refractivity contribution in [3.8, 4) is 11.3 Å². The number of halogens is 1. The zero-order chi connectivity index (χ0) is 15.9. The summed E-state index contributed by atoms with van der Waals surface area (Å²) in [5, 5.41) is 0. The molecule has 0 atom stereocenters. The Kier molecular flexibility index (Phi) is 3.48. The molecular formula is C16H19FN4O. The Bertz CT molecular complexity index is 700. The number of benzene rings is 1. The van der Waals surface area contributed by atoms with Crippen molar-refractivity contribution in [1.29, 1.82) is 0 Å². The van der Waals surface area contributed by atoms with E-state index in [1.165, 1.54) is 12.1 Å². The third-order valence-electron chi connectivity index (χ3n) is 3.78. The number of carbonyl (C=O) groups excluding carboxylic acids is 1. The molecule has 22 heavy (non-hydrogen) atoms. The number of nitrogens with zero attached hydrogens (tertiary/aromatic N) is 3. The summed E-state index contributed by atoms with van der Waals surface area (Å²) < 4.78 is 15.0. The second-order valence-corrected chi connectivity index (χ2v) is 6.19. The van der Waals surface area contributed by atoms with Crippen LogP contribution in [0.3, 0.4) is 0 Å². The van der Waals surface area contributed by atoms with Crippen LogP contribution in [-0.4, -0.2) is 32.4 Å². The van der Waals surface area contributed by atoms with Crippen molar-refractivity contribution in [3.05, 3.63) is 42.1 Å². The maximum Gasteiger partial charge on any atom is 0.242 e. The summed E-state index contributed by atoms with van der Waals surface area (Å²) in [6, 6.07) is 6.24. The Morgan fingerprint density at radius 1 is 1.27 bits per heavy atom. The minimum atomic E-state index is -0.880. The molecule has 3 rings (SSSR count). The lowest BCUT2D eigenvalue weighted by atomic mass is 10.1. The Labute approximate surface area is 128 Å². The minimum Gasteiger partial charge on any atom is -0.332 e. The topological polar surface area (TPSA) is 64.2 Å². The van der Waals surface area contributed by atoms with E-state index < -0.39 is 5.54 Å². The first-order valence-corrected chi connectivity index (χ1v) is 7.25. The van der Waals surface area contributed by atoms with Crippen molar-refractivity contribution in [2.24, 2.45) is 5.73 Å². The lowest BCUT2D eigenvalue weighted by molar-refractivity contribution is -0.137. The molecule has 2 heterocycles. The summed E-state index contributed by atoms with van der Waals surface area (Å²) in [6.07, 6.45) is 1.94. The molecule has 116 valence electrons. The van der Waals surface area contributed by atoms with Crippen LogP contribution < -0.4 is 5.73 Å². The molecule has 1 aliphatic heterocycles. The highest BCUT2D eigenvalue weighted by Crippen LogP contribution is 2.22. The lowest BCUT2D eigenvalue weighted by Gasteiger charge is -2.32. The van der Waals surface area contributed by atoms with Gasteiger partial charge in [0.1, 0.15) is 11.6 Å². The fraction of sp³-hybridized carbons (Fsp3) is 0.375. The van der Waals surface area contributed by atoms with E-state index in [1.54, 1.807) is 30.9 Å². The van der Waals surface area contributed by atoms with E-state index in [0.717, 1.165) is 17.1 Å². The van der Waals surface area contributed by atoms with Gasteiger partial charge in [-0.15, -0.1) is 0 Å². The summed E-state index contributed by atoms with van der Waals surface area (Å²) in [5.74, 6) is 0.475. The molecule has 0 unspecified atom stereocenters. The number of amides is 1. The van der Waals surface area contributed by atoms with Crippen LogP contribution in [0.1, 0.15) is 19.7 Å². The van der Waals surface area contributed by atoms with Gasteiger partial charge in [-0.25, -0.2) is 9.37 Å². The van der Waals surface area contributed by atoms with Gasteiger partial charge in [0.05, 0.1) is 17.8 Å². The van der Waals surface area contributed by atoms with Gasteiger partial charge < -0.3 is 15.2 Å². The summed E-state index contributed by atoms with van der Waals surface area (Å²) in [6.45, 7) is 5.17. The number of hydrogen-bond donors (Lipinski definition) is 1. The summed E-state index contributed by atoms with van der Waals surface area (Å²) in [7, 11) is 0. The maximum absolute atomic E-state index is 13.0. The average Bonchev–Trinajstić information content (AvgIpc) is 2.89. The van der Waals surface area contributed by atoms with Crippen LogP contribution in [-0.2, 0) is 17.9 Å². The van der Waals surface area contributed by atoms with Crippen LogP contribution in [0.25, 0.3) is 11.3 Å². The molecule has 1 aromatic heterocycles. The van der Waals surface area contributed by atoms with Crippen LogP contribution in [0.5, 0.6) is 0 Å². The van der Waals surface area contributed by atoms with Crippen LogP contribution in [0.2, 0.25) is 0 Å². The van der Waals surface area contributed by atoms with Crippen LogP contribution >= 0.6 is 0 Å². The highest BCUT2D eigenvalue weighted by molar-refractivity contribution is 5.85. The van der Waals surface area contributed by atoms with Gasteiger partial charge in [0.25, 0.3) is 0 Å². The Hall–Kier alpha value is -2.21. The Morgan fingerprint density at radius 3 is 2.59 bits per heavy atom. The molecule has 1 aliphatic rings. The quantitative estimate of drug-likeness (QED) is 0.919. The number of aromatic nitrogens is 2. The largest absolute Gasteiger partial charge is 0.332 e. The van der Waals surface area contributed by atoms with Gasteiger partial charge in [-0.3, -0.25) is 4.79 Å². The zero-order valence-electron chi connectivity index (χ0n) is 12.7. The predicted molar refractivity (Wildman–Crippen MR) is 81.3 cm³/mol. The van der Waals surface area contributed by atoms with Crippen LogP contribution in [0.4, 0.5) is 4.39 Å². The normalized spacial score (nSPS) is 14.8. The van der Waals surface area contributed by atoms with Gasteiger partial charge >= 0.3 is 0 Å². The monoisotopic (exact) mass is 302 g/mol. The molecule has 6 heteroatoms. The molecular weight excluding hydrogens is 283 g/mol. The van der Waals surface area contributed by atoms with E-state index in [4.69, 9.17) is 5.73 Å². The van der Waals surface area contributed by atoms with Gasteiger partial charge in [-0.2, -0.15) is 0 Å². The van der Waals surface area contributed by atoms with Gasteiger partial charge in [0.2, 0.25) is 5.91 Å². The molecule has 5 nitrogen and oxygen atoms in total. The van der Waals surface area contributed by atoms with Gasteiger partial charge in [0, 0.05) is 24.8 Å². The third-order valence-corrected chi connectivity index (χ3v) is 3.78. The van der Waals surface area contributed by atoms with E-state index in [2.05, 4.69) is 4.98 Å². The third kappa shape index (κ3) is 2.74. The number of hydrogen-bond acceptors (Lipinski definition) is 3. The van der Waals surface area contributed by atoms with Crippen LogP contribution in [0, 0.1) is 5.82 Å². The van der Waals surface area contributed by atoms with E-state index in [1.807, 2.05) is 10.8 Å². The van der Waals surface area contributed by atoms with Crippen LogP contribution in [0.15, 0.2) is 30.5 Å². The molecule has 0 saturated heterocycles. The smallest absolute Gasteiger partial charge is 0.242 e. The number of nitrogens with two attached hydrogens (primary N) is 1. The number of rotatable bonds is 2. The molecule has 0 spiro atoms. The first kappa shape index (κ1) is 14.7. The van der Waals surface area contributed by atoms with E-state index in [0.29, 0.717) is 19.6 Å². The molecule has 0 saturated carbocycles. The molecule has 2 aromatic rings. The standard InChI is InChI=1S/C16H19FN4O/c1-16(2,18)15(22)21-8-7-20-9-13(19-14(20)10-21)11-3-5-12(17)6-4-11/h3-6,9H,7-8,10,18H2,1-2H3. The van der Waals surface area contributed by atoms with Crippen molar-refractivity contribution >= 4 is 5.91 Å². The van der Waals surface area contributed by atoms with Gasteiger partial charge in [-0.1, -0.05) is 0 Å². The molecule has 1 amide bonds. The van der Waals surface area contributed by atoms with Crippen molar-refractivity contribution in [1.82, 2.24) is 14.5 Å². The zero-order valence-corrected chi connectivity index (χ0v) is 12.7.